The molecule has 0 bridgehead atoms. The fraction of sp³-hybridized carbons (Fsp3) is 0.0625. The zero-order valence-corrected chi connectivity index (χ0v) is 11.8. The van der Waals surface area contributed by atoms with E-state index >= 15 is 0 Å². The Morgan fingerprint density at radius 1 is 1.18 bits per heavy atom. The van der Waals surface area contributed by atoms with Gasteiger partial charge in [-0.25, -0.2) is 4.98 Å². The van der Waals surface area contributed by atoms with Crippen molar-refractivity contribution in [3.63, 3.8) is 0 Å². The summed E-state index contributed by atoms with van der Waals surface area (Å²) in [6.45, 7) is 0. The summed E-state index contributed by atoms with van der Waals surface area (Å²) in [6.07, 6.45) is 2.09. The summed E-state index contributed by atoms with van der Waals surface area (Å²) < 4.78 is 6.42. The van der Waals surface area contributed by atoms with Crippen molar-refractivity contribution in [1.29, 1.82) is 0 Å². The molecule has 0 radical (unpaired) electrons. The van der Waals surface area contributed by atoms with Crippen LogP contribution in [0.5, 0.6) is 5.75 Å². The van der Waals surface area contributed by atoms with Crippen molar-refractivity contribution in [2.75, 3.05) is 12.4 Å². The minimum atomic E-state index is -0.406. The maximum absolute atomic E-state index is 12.3. The molecule has 0 saturated carbocycles. The summed E-state index contributed by atoms with van der Waals surface area (Å²) in [5.74, 6) is 0.948. The first-order valence-electron chi connectivity index (χ1n) is 6.60. The lowest BCUT2D eigenvalue weighted by Gasteiger charge is -2.10. The standard InChI is InChI=1S/C16H13N3O3/c1-22-12-7-5-11(6-8-12)17-15-13(10-20)16(21)19-9-3-2-4-14(19)18-15/h2-10,17H,1H3. The van der Waals surface area contributed by atoms with Gasteiger partial charge in [0.25, 0.3) is 5.56 Å². The third-order valence-electron chi connectivity index (χ3n) is 3.24. The average Bonchev–Trinajstić information content (AvgIpc) is 2.56. The normalized spacial score (nSPS) is 10.4. The van der Waals surface area contributed by atoms with Gasteiger partial charge in [-0.1, -0.05) is 6.07 Å². The van der Waals surface area contributed by atoms with E-state index in [1.54, 1.807) is 55.8 Å². The van der Waals surface area contributed by atoms with Crippen LogP contribution < -0.4 is 15.6 Å². The topological polar surface area (TPSA) is 72.7 Å². The molecule has 2 heterocycles. The number of fused-ring (bicyclic) bond motifs is 1. The van der Waals surface area contributed by atoms with Gasteiger partial charge in [0.2, 0.25) is 0 Å². The number of carbonyl (C=O) groups excluding carboxylic acids is 1. The number of nitrogens with zero attached hydrogens (tertiary/aromatic N) is 2. The van der Waals surface area contributed by atoms with Crippen molar-refractivity contribution in [1.82, 2.24) is 9.38 Å². The number of aromatic nitrogens is 2. The number of methoxy groups -OCH3 is 1. The zero-order valence-electron chi connectivity index (χ0n) is 11.8. The number of pyridine rings is 1. The van der Waals surface area contributed by atoms with E-state index in [-0.39, 0.29) is 11.4 Å². The first kappa shape index (κ1) is 13.8. The highest BCUT2D eigenvalue weighted by Crippen LogP contribution is 2.20. The summed E-state index contributed by atoms with van der Waals surface area (Å²) in [4.78, 5) is 27.9. The Balaban J connectivity index is 2.09. The van der Waals surface area contributed by atoms with Crippen LogP contribution in [-0.2, 0) is 0 Å². The van der Waals surface area contributed by atoms with Crippen molar-refractivity contribution in [3.8, 4) is 5.75 Å². The van der Waals surface area contributed by atoms with Gasteiger partial charge in [0, 0.05) is 11.9 Å². The summed E-state index contributed by atoms with van der Waals surface area (Å²) in [5.41, 5.74) is 0.751. The molecular formula is C16H13N3O3. The number of hydrogen-bond acceptors (Lipinski definition) is 5. The smallest absolute Gasteiger partial charge is 0.270 e. The Kier molecular flexibility index (Phi) is 3.57. The Hall–Kier alpha value is -3.15. The Bertz CT molecular complexity index is 885. The second-order valence-electron chi connectivity index (χ2n) is 4.58. The van der Waals surface area contributed by atoms with Crippen LogP contribution in [0.1, 0.15) is 10.4 Å². The molecule has 0 aliphatic rings. The van der Waals surface area contributed by atoms with Gasteiger partial charge >= 0.3 is 0 Å². The molecule has 6 nitrogen and oxygen atoms in total. The number of benzene rings is 1. The molecule has 0 aliphatic heterocycles. The highest BCUT2D eigenvalue weighted by Gasteiger charge is 2.12. The molecule has 0 fully saturated rings. The maximum Gasteiger partial charge on any atom is 0.270 e. The molecule has 0 atom stereocenters. The number of anilines is 2. The van der Waals surface area contributed by atoms with Crippen molar-refractivity contribution < 1.29 is 9.53 Å². The third kappa shape index (κ3) is 2.42. The third-order valence-corrected chi connectivity index (χ3v) is 3.24. The lowest BCUT2D eigenvalue weighted by Crippen LogP contribution is -2.21. The van der Waals surface area contributed by atoms with E-state index in [1.165, 1.54) is 4.40 Å². The van der Waals surface area contributed by atoms with Crippen LogP contribution in [-0.4, -0.2) is 22.8 Å². The van der Waals surface area contributed by atoms with Crippen molar-refractivity contribution >= 4 is 23.4 Å². The highest BCUT2D eigenvalue weighted by atomic mass is 16.5. The zero-order chi connectivity index (χ0) is 15.5. The molecule has 2 aromatic heterocycles. The molecule has 0 saturated heterocycles. The SMILES string of the molecule is COc1ccc(Nc2nc3ccccn3c(=O)c2C=O)cc1. The lowest BCUT2D eigenvalue weighted by molar-refractivity contribution is 0.112. The van der Waals surface area contributed by atoms with Gasteiger partial charge in [-0.15, -0.1) is 0 Å². The highest BCUT2D eigenvalue weighted by molar-refractivity contribution is 5.84. The first-order valence-corrected chi connectivity index (χ1v) is 6.60. The molecule has 110 valence electrons. The molecule has 0 unspecified atom stereocenters. The van der Waals surface area contributed by atoms with Crippen LogP contribution in [0.2, 0.25) is 0 Å². The molecule has 3 aromatic rings. The van der Waals surface area contributed by atoms with Crippen LogP contribution in [0.3, 0.4) is 0 Å². The number of aldehydes is 1. The number of hydrogen-bond donors (Lipinski definition) is 1. The van der Waals surface area contributed by atoms with Crippen molar-refractivity contribution in [2.45, 2.75) is 0 Å². The van der Waals surface area contributed by atoms with E-state index in [1.807, 2.05) is 0 Å². The fourth-order valence-electron chi connectivity index (χ4n) is 2.12. The molecule has 22 heavy (non-hydrogen) atoms. The molecule has 0 amide bonds. The fourth-order valence-corrected chi connectivity index (χ4v) is 2.12. The van der Waals surface area contributed by atoms with E-state index in [2.05, 4.69) is 10.3 Å². The van der Waals surface area contributed by atoms with Crippen LogP contribution in [0.4, 0.5) is 11.5 Å². The molecule has 3 rings (SSSR count). The first-order chi connectivity index (χ1) is 10.7. The second-order valence-corrected chi connectivity index (χ2v) is 4.58. The van der Waals surface area contributed by atoms with Gasteiger partial charge in [-0.3, -0.25) is 14.0 Å². The number of rotatable bonds is 4. The molecular weight excluding hydrogens is 282 g/mol. The quantitative estimate of drug-likeness (QED) is 0.747. The molecule has 1 N–H and O–H groups in total. The van der Waals surface area contributed by atoms with Gasteiger partial charge in [0.1, 0.15) is 22.8 Å². The predicted octanol–water partition coefficient (Wildman–Crippen LogP) is 2.26. The average molecular weight is 295 g/mol. The number of carbonyl (C=O) groups is 1. The van der Waals surface area contributed by atoms with E-state index in [9.17, 15) is 9.59 Å². The molecule has 1 aromatic carbocycles. The second kappa shape index (κ2) is 5.69. The van der Waals surface area contributed by atoms with Crippen LogP contribution in [0.15, 0.2) is 53.5 Å². The van der Waals surface area contributed by atoms with E-state index < -0.39 is 5.56 Å². The Labute approximate surface area is 126 Å². The lowest BCUT2D eigenvalue weighted by atomic mass is 10.2. The molecule has 0 spiro atoms. The van der Waals surface area contributed by atoms with E-state index in [4.69, 9.17) is 4.74 Å². The number of ether oxygens (including phenoxy) is 1. The van der Waals surface area contributed by atoms with Gasteiger partial charge in [-0.05, 0) is 36.4 Å². The minimum absolute atomic E-state index is 0.0143. The van der Waals surface area contributed by atoms with Gasteiger partial charge in [0.05, 0.1) is 7.11 Å². The maximum atomic E-state index is 12.3. The van der Waals surface area contributed by atoms with Crippen LogP contribution >= 0.6 is 0 Å². The summed E-state index contributed by atoms with van der Waals surface area (Å²) in [5, 5.41) is 3.00. The van der Waals surface area contributed by atoms with Gasteiger partial charge in [0.15, 0.2) is 6.29 Å². The Morgan fingerprint density at radius 3 is 2.64 bits per heavy atom. The van der Waals surface area contributed by atoms with E-state index in [0.717, 1.165) is 0 Å². The largest absolute Gasteiger partial charge is 0.497 e. The van der Waals surface area contributed by atoms with Crippen LogP contribution in [0, 0.1) is 0 Å². The van der Waals surface area contributed by atoms with Crippen molar-refractivity contribution in [3.05, 3.63) is 64.6 Å². The van der Waals surface area contributed by atoms with Gasteiger partial charge in [-0.2, -0.15) is 0 Å². The molecule has 0 aliphatic carbocycles. The predicted molar refractivity (Wildman–Crippen MR) is 83.1 cm³/mol. The number of nitrogens with one attached hydrogen (secondary N) is 1. The summed E-state index contributed by atoms with van der Waals surface area (Å²) in [6, 6.07) is 12.3. The molecule has 6 heteroatoms. The van der Waals surface area contributed by atoms with E-state index in [0.29, 0.717) is 23.4 Å². The van der Waals surface area contributed by atoms with Crippen molar-refractivity contribution in [2.24, 2.45) is 0 Å². The summed E-state index contributed by atoms with van der Waals surface area (Å²) >= 11 is 0. The Morgan fingerprint density at radius 2 is 1.95 bits per heavy atom. The summed E-state index contributed by atoms with van der Waals surface area (Å²) in [7, 11) is 1.58. The monoisotopic (exact) mass is 295 g/mol. The van der Waals surface area contributed by atoms with Gasteiger partial charge < -0.3 is 10.1 Å². The van der Waals surface area contributed by atoms with Crippen LogP contribution in [0.25, 0.3) is 5.65 Å². The minimum Gasteiger partial charge on any atom is -0.497 e.